The molecular formula is C60H117NO5. The van der Waals surface area contributed by atoms with E-state index in [2.05, 4.69) is 19.2 Å². The van der Waals surface area contributed by atoms with Gasteiger partial charge in [-0.2, -0.15) is 0 Å². The zero-order valence-corrected chi connectivity index (χ0v) is 44.7. The van der Waals surface area contributed by atoms with Crippen LogP contribution in [0.3, 0.4) is 0 Å². The molecule has 2 atom stereocenters. The van der Waals surface area contributed by atoms with Crippen LogP contribution in [0.5, 0.6) is 0 Å². The van der Waals surface area contributed by atoms with Gasteiger partial charge in [0.05, 0.1) is 25.4 Å². The molecule has 0 aromatic rings. The average molecular weight is 933 g/mol. The number of allylic oxidation sites excluding steroid dienone is 1. The molecule has 0 saturated carbocycles. The minimum absolute atomic E-state index is 0.00675. The van der Waals surface area contributed by atoms with Crippen LogP contribution in [-0.2, 0) is 14.3 Å². The van der Waals surface area contributed by atoms with Crippen molar-refractivity contribution in [1.82, 2.24) is 5.32 Å². The van der Waals surface area contributed by atoms with E-state index < -0.39 is 12.1 Å². The first-order valence-corrected chi connectivity index (χ1v) is 30.0. The molecule has 0 aromatic carbocycles. The van der Waals surface area contributed by atoms with Crippen molar-refractivity contribution in [2.24, 2.45) is 0 Å². The van der Waals surface area contributed by atoms with Gasteiger partial charge in [-0.15, -0.1) is 0 Å². The molecule has 0 bridgehead atoms. The quantitative estimate of drug-likeness (QED) is 0.0321. The molecule has 0 heterocycles. The van der Waals surface area contributed by atoms with E-state index in [4.69, 9.17) is 4.74 Å². The van der Waals surface area contributed by atoms with Crippen LogP contribution in [-0.4, -0.2) is 47.4 Å². The summed E-state index contributed by atoms with van der Waals surface area (Å²) in [6.45, 7) is 4.92. The number of aliphatic hydroxyl groups excluding tert-OH is 2. The van der Waals surface area contributed by atoms with Gasteiger partial charge in [0.25, 0.3) is 0 Å². The van der Waals surface area contributed by atoms with Gasteiger partial charge in [0.1, 0.15) is 0 Å². The molecule has 0 aliphatic carbocycles. The molecule has 1 amide bonds. The number of carbonyl (C=O) groups excluding carboxylic acids is 2. The topological polar surface area (TPSA) is 95.9 Å². The summed E-state index contributed by atoms with van der Waals surface area (Å²) in [5, 5.41) is 23.1. The lowest BCUT2D eigenvalue weighted by Crippen LogP contribution is -2.45. The first kappa shape index (κ1) is 64.6. The number of ether oxygens (including phenoxy) is 1. The molecule has 0 rings (SSSR count). The summed E-state index contributed by atoms with van der Waals surface area (Å²) in [7, 11) is 0. The first-order chi connectivity index (χ1) is 32.5. The van der Waals surface area contributed by atoms with Crippen LogP contribution < -0.4 is 5.32 Å². The summed E-state index contributed by atoms with van der Waals surface area (Å²) in [5.41, 5.74) is 0. The summed E-state index contributed by atoms with van der Waals surface area (Å²) >= 11 is 0. The lowest BCUT2D eigenvalue weighted by atomic mass is 10.0. The van der Waals surface area contributed by atoms with Crippen molar-refractivity contribution < 1.29 is 24.5 Å². The number of aliphatic hydroxyl groups is 2. The van der Waals surface area contributed by atoms with E-state index in [1.165, 1.54) is 263 Å². The zero-order chi connectivity index (χ0) is 47.9. The highest BCUT2D eigenvalue weighted by molar-refractivity contribution is 5.76. The molecule has 0 aliphatic heterocycles. The number of hydrogen-bond donors (Lipinski definition) is 3. The van der Waals surface area contributed by atoms with Crippen molar-refractivity contribution in [2.75, 3.05) is 13.2 Å². The number of hydrogen-bond acceptors (Lipinski definition) is 5. The molecule has 6 heteroatoms. The smallest absolute Gasteiger partial charge is 0.305 e. The lowest BCUT2D eigenvalue weighted by molar-refractivity contribution is -0.143. The van der Waals surface area contributed by atoms with Gasteiger partial charge < -0.3 is 20.3 Å². The van der Waals surface area contributed by atoms with Crippen LogP contribution >= 0.6 is 0 Å². The number of amides is 1. The third-order valence-corrected chi connectivity index (χ3v) is 14.1. The molecule has 392 valence electrons. The normalized spacial score (nSPS) is 12.6. The Hall–Kier alpha value is -1.40. The van der Waals surface area contributed by atoms with Gasteiger partial charge >= 0.3 is 5.97 Å². The fourth-order valence-corrected chi connectivity index (χ4v) is 9.46. The maximum Gasteiger partial charge on any atom is 0.305 e. The molecular weight excluding hydrogens is 815 g/mol. The van der Waals surface area contributed by atoms with Gasteiger partial charge in [0.15, 0.2) is 0 Å². The fourth-order valence-electron chi connectivity index (χ4n) is 9.46. The molecule has 0 saturated heterocycles. The minimum atomic E-state index is -0.848. The Morgan fingerprint density at radius 1 is 0.409 bits per heavy atom. The maximum atomic E-state index is 12.5. The van der Waals surface area contributed by atoms with Gasteiger partial charge in [0.2, 0.25) is 5.91 Å². The first-order valence-electron chi connectivity index (χ1n) is 30.0. The minimum Gasteiger partial charge on any atom is -0.466 e. The number of nitrogens with one attached hydrogen (secondary N) is 1. The van der Waals surface area contributed by atoms with Crippen LogP contribution in [0.15, 0.2) is 12.2 Å². The molecule has 0 aliphatic rings. The van der Waals surface area contributed by atoms with E-state index in [-0.39, 0.29) is 18.5 Å². The van der Waals surface area contributed by atoms with Crippen molar-refractivity contribution >= 4 is 11.9 Å². The van der Waals surface area contributed by atoms with Gasteiger partial charge in [-0.3, -0.25) is 9.59 Å². The Labute approximate surface area is 412 Å². The van der Waals surface area contributed by atoms with E-state index in [1.807, 2.05) is 6.08 Å². The van der Waals surface area contributed by atoms with E-state index in [1.54, 1.807) is 6.08 Å². The molecule has 3 N–H and O–H groups in total. The van der Waals surface area contributed by atoms with Crippen molar-refractivity contribution in [3.05, 3.63) is 12.2 Å². The molecule has 0 aromatic heterocycles. The van der Waals surface area contributed by atoms with E-state index in [0.717, 1.165) is 44.9 Å². The van der Waals surface area contributed by atoms with Gasteiger partial charge in [-0.1, -0.05) is 302 Å². The van der Waals surface area contributed by atoms with Crippen LogP contribution in [0, 0.1) is 0 Å². The Morgan fingerprint density at radius 3 is 1.03 bits per heavy atom. The number of unbranched alkanes of at least 4 members (excludes halogenated alkanes) is 45. The third-order valence-electron chi connectivity index (χ3n) is 14.1. The van der Waals surface area contributed by atoms with Crippen molar-refractivity contribution in [3.8, 4) is 0 Å². The van der Waals surface area contributed by atoms with Crippen LogP contribution in [0.25, 0.3) is 0 Å². The standard InChI is InChI=1S/C60H117NO5/c1-3-5-7-9-11-13-15-17-19-21-26-30-34-38-42-46-50-54-60(65)66-55-51-47-43-39-35-31-27-23-22-25-29-33-37-41-45-49-53-59(64)61-57(56-62)58(63)52-48-44-40-36-32-28-24-20-18-16-14-12-10-8-6-4-2/h48,52,57-58,62-63H,3-47,49-51,53-56H2,1-2H3,(H,61,64)/b52-48+. The molecule has 0 spiro atoms. The summed E-state index contributed by atoms with van der Waals surface area (Å²) in [6, 6.07) is -0.632. The molecule has 2 unspecified atom stereocenters. The monoisotopic (exact) mass is 932 g/mol. The van der Waals surface area contributed by atoms with Crippen molar-refractivity contribution in [2.45, 2.75) is 347 Å². The van der Waals surface area contributed by atoms with Crippen molar-refractivity contribution in [3.63, 3.8) is 0 Å². The van der Waals surface area contributed by atoms with Gasteiger partial charge in [0, 0.05) is 12.8 Å². The highest BCUT2D eigenvalue weighted by Gasteiger charge is 2.18. The molecule has 0 fully saturated rings. The van der Waals surface area contributed by atoms with E-state index in [9.17, 15) is 19.8 Å². The predicted molar refractivity (Wildman–Crippen MR) is 287 cm³/mol. The third kappa shape index (κ3) is 52.0. The number of rotatable bonds is 56. The Bertz CT molecular complexity index is 986. The van der Waals surface area contributed by atoms with E-state index >= 15 is 0 Å². The van der Waals surface area contributed by atoms with Gasteiger partial charge in [-0.25, -0.2) is 0 Å². The second-order valence-electron chi connectivity index (χ2n) is 20.7. The Morgan fingerprint density at radius 2 is 0.697 bits per heavy atom. The number of carbonyl (C=O) groups is 2. The second kappa shape index (κ2) is 56.2. The zero-order valence-electron chi connectivity index (χ0n) is 44.7. The van der Waals surface area contributed by atoms with E-state index in [0.29, 0.717) is 19.4 Å². The van der Waals surface area contributed by atoms with Crippen LogP contribution in [0.1, 0.15) is 335 Å². The summed E-state index contributed by atoms with van der Waals surface area (Å²) < 4.78 is 5.49. The Balaban J connectivity index is 3.42. The predicted octanol–water partition coefficient (Wildman–Crippen LogP) is 18.5. The van der Waals surface area contributed by atoms with Gasteiger partial charge in [-0.05, 0) is 32.1 Å². The molecule has 6 nitrogen and oxygen atoms in total. The highest BCUT2D eigenvalue weighted by Crippen LogP contribution is 2.18. The maximum absolute atomic E-state index is 12.5. The highest BCUT2D eigenvalue weighted by atomic mass is 16.5. The summed E-state index contributed by atoms with van der Waals surface area (Å²) in [6.07, 6.45) is 66.6. The SMILES string of the molecule is CCCCCCCCCCCCCCCC/C=C/C(O)C(CO)NC(=O)CCCCCCCCCCCCCCCCCCOC(=O)CCCCCCCCCCCCCCCCCCC. The Kier molecular flexibility index (Phi) is 55.0. The van der Waals surface area contributed by atoms with Crippen LogP contribution in [0.2, 0.25) is 0 Å². The largest absolute Gasteiger partial charge is 0.466 e. The lowest BCUT2D eigenvalue weighted by Gasteiger charge is -2.20. The second-order valence-corrected chi connectivity index (χ2v) is 20.7. The van der Waals surface area contributed by atoms with Crippen LogP contribution in [0.4, 0.5) is 0 Å². The summed E-state index contributed by atoms with van der Waals surface area (Å²) in [5.74, 6) is -0.0654. The molecule has 66 heavy (non-hydrogen) atoms. The number of esters is 1. The van der Waals surface area contributed by atoms with Crippen molar-refractivity contribution in [1.29, 1.82) is 0 Å². The summed E-state index contributed by atoms with van der Waals surface area (Å²) in [4.78, 5) is 24.5. The fraction of sp³-hybridized carbons (Fsp3) is 0.933. The average Bonchev–Trinajstić information content (AvgIpc) is 3.32. The molecule has 0 radical (unpaired) electrons.